The first-order valence-electron chi connectivity index (χ1n) is 6.44. The highest BCUT2D eigenvalue weighted by Gasteiger charge is 2.40. The highest BCUT2D eigenvalue weighted by Crippen LogP contribution is 2.38. The van der Waals surface area contributed by atoms with Crippen LogP contribution in [0.15, 0.2) is 12.2 Å². The lowest BCUT2D eigenvalue weighted by Gasteiger charge is -2.42. The average molecular weight is 226 g/mol. The zero-order valence-electron chi connectivity index (χ0n) is 11.0. The molecule has 94 valence electrons. The lowest BCUT2D eigenvalue weighted by Crippen LogP contribution is -2.47. The van der Waals surface area contributed by atoms with Gasteiger partial charge in [0.15, 0.2) is 0 Å². The normalized spacial score (nSPS) is 32.4. The van der Waals surface area contributed by atoms with Crippen LogP contribution in [0, 0.1) is 5.92 Å². The fourth-order valence-corrected chi connectivity index (χ4v) is 2.53. The van der Waals surface area contributed by atoms with Gasteiger partial charge in [0.1, 0.15) is 0 Å². The highest BCUT2D eigenvalue weighted by molar-refractivity contribution is 5.02. The molecule has 0 aliphatic heterocycles. The Kier molecular flexibility index (Phi) is 5.00. The van der Waals surface area contributed by atoms with E-state index in [0.717, 1.165) is 43.6 Å². The van der Waals surface area contributed by atoms with Crippen LogP contribution >= 0.6 is 0 Å². The molecule has 1 saturated carbocycles. The summed E-state index contributed by atoms with van der Waals surface area (Å²) in [6, 6.07) is 0. The molecule has 1 unspecified atom stereocenters. The van der Waals surface area contributed by atoms with Gasteiger partial charge >= 0.3 is 0 Å². The van der Waals surface area contributed by atoms with Gasteiger partial charge in [-0.2, -0.15) is 0 Å². The zero-order valence-corrected chi connectivity index (χ0v) is 11.0. The first-order valence-corrected chi connectivity index (χ1v) is 6.44. The minimum atomic E-state index is -0.391. The van der Waals surface area contributed by atoms with Crippen molar-refractivity contribution in [2.45, 2.75) is 64.1 Å². The van der Waals surface area contributed by atoms with Gasteiger partial charge in [0, 0.05) is 7.11 Å². The molecule has 0 amide bonds. The molecule has 1 fully saturated rings. The maximum absolute atomic E-state index is 10.3. The Bertz CT molecular complexity index is 227. The Labute approximate surface area is 99.7 Å². The van der Waals surface area contributed by atoms with Crippen molar-refractivity contribution in [1.29, 1.82) is 0 Å². The first-order chi connectivity index (χ1) is 7.54. The number of aliphatic hydroxyl groups excluding tert-OH is 1. The largest absolute Gasteiger partial charge is 0.390 e. The van der Waals surface area contributed by atoms with Crippen molar-refractivity contribution in [3.63, 3.8) is 0 Å². The van der Waals surface area contributed by atoms with Gasteiger partial charge in [-0.25, -0.2) is 0 Å². The van der Waals surface area contributed by atoms with Crippen LogP contribution < -0.4 is 0 Å². The summed E-state index contributed by atoms with van der Waals surface area (Å²) >= 11 is 0. The Hall–Kier alpha value is -0.340. The summed E-state index contributed by atoms with van der Waals surface area (Å²) in [5, 5.41) is 10.3. The molecular weight excluding hydrogens is 200 g/mol. The van der Waals surface area contributed by atoms with Gasteiger partial charge in [0.05, 0.1) is 11.7 Å². The molecule has 16 heavy (non-hydrogen) atoms. The lowest BCUT2D eigenvalue weighted by atomic mass is 9.75. The van der Waals surface area contributed by atoms with E-state index in [2.05, 4.69) is 20.4 Å². The molecule has 0 radical (unpaired) electrons. The summed E-state index contributed by atoms with van der Waals surface area (Å²) < 4.78 is 5.64. The highest BCUT2D eigenvalue weighted by atomic mass is 16.5. The van der Waals surface area contributed by atoms with E-state index in [-0.39, 0.29) is 5.60 Å². The number of hydrogen-bond acceptors (Lipinski definition) is 2. The molecule has 0 heterocycles. The van der Waals surface area contributed by atoms with Crippen molar-refractivity contribution in [2.24, 2.45) is 5.92 Å². The Balaban J connectivity index is 2.61. The molecule has 0 aromatic carbocycles. The molecular formula is C14H26O2. The number of hydrogen-bond donors (Lipinski definition) is 1. The second-order valence-corrected chi connectivity index (χ2v) is 5.27. The van der Waals surface area contributed by atoms with Crippen LogP contribution in [0.3, 0.4) is 0 Å². The molecule has 0 aromatic heterocycles. The molecule has 1 aliphatic rings. The van der Waals surface area contributed by atoms with E-state index >= 15 is 0 Å². The minimum absolute atomic E-state index is 0.315. The molecule has 1 rings (SSSR count). The predicted octanol–water partition coefficient (Wildman–Crippen LogP) is 3.30. The summed E-state index contributed by atoms with van der Waals surface area (Å²) in [5.74, 6) is 0.768. The monoisotopic (exact) mass is 226 g/mol. The third-order valence-corrected chi connectivity index (χ3v) is 4.12. The standard InChI is InChI=1S/C14H26O2/c1-5-11(2)10-13(15)14(16-4)8-6-12(3)7-9-14/h12-13,15H,2,5-10H2,1,3-4H3. The van der Waals surface area contributed by atoms with E-state index in [0.29, 0.717) is 6.42 Å². The van der Waals surface area contributed by atoms with Crippen LogP contribution in [0.1, 0.15) is 52.4 Å². The summed E-state index contributed by atoms with van der Waals surface area (Å²) in [4.78, 5) is 0. The topological polar surface area (TPSA) is 29.5 Å². The van der Waals surface area contributed by atoms with Crippen molar-refractivity contribution in [3.05, 3.63) is 12.2 Å². The maximum atomic E-state index is 10.3. The van der Waals surface area contributed by atoms with Gasteiger partial charge in [-0.15, -0.1) is 0 Å². The molecule has 1 N–H and O–H groups in total. The summed E-state index contributed by atoms with van der Waals surface area (Å²) in [5.41, 5.74) is 0.799. The van der Waals surface area contributed by atoms with Crippen molar-refractivity contribution < 1.29 is 9.84 Å². The van der Waals surface area contributed by atoms with Crippen LogP contribution in [-0.2, 0) is 4.74 Å². The third kappa shape index (κ3) is 3.08. The maximum Gasteiger partial charge on any atom is 0.0939 e. The van der Waals surface area contributed by atoms with E-state index in [1.165, 1.54) is 0 Å². The number of aliphatic hydroxyl groups is 1. The SMILES string of the molecule is C=C(CC)CC(O)C1(OC)CCC(C)CC1. The van der Waals surface area contributed by atoms with Crippen LogP contribution in [0.5, 0.6) is 0 Å². The number of methoxy groups -OCH3 is 1. The van der Waals surface area contributed by atoms with Gasteiger partial charge in [0.25, 0.3) is 0 Å². The van der Waals surface area contributed by atoms with Gasteiger partial charge in [-0.1, -0.05) is 26.0 Å². The van der Waals surface area contributed by atoms with Gasteiger partial charge < -0.3 is 9.84 Å². The molecule has 0 spiro atoms. The second kappa shape index (κ2) is 5.83. The summed E-state index contributed by atoms with van der Waals surface area (Å²) in [6.07, 6.45) is 5.49. The fourth-order valence-electron chi connectivity index (χ4n) is 2.53. The predicted molar refractivity (Wildman–Crippen MR) is 67.4 cm³/mol. The summed E-state index contributed by atoms with van der Waals surface area (Å²) in [7, 11) is 1.73. The van der Waals surface area contributed by atoms with Crippen LogP contribution in [-0.4, -0.2) is 23.9 Å². The Morgan fingerprint density at radius 2 is 2.06 bits per heavy atom. The smallest absolute Gasteiger partial charge is 0.0939 e. The van der Waals surface area contributed by atoms with Crippen LogP contribution in [0.25, 0.3) is 0 Å². The molecule has 0 saturated heterocycles. The number of rotatable bonds is 5. The summed E-state index contributed by atoms with van der Waals surface area (Å²) in [6.45, 7) is 8.33. The Morgan fingerprint density at radius 3 is 2.50 bits per heavy atom. The first kappa shape index (κ1) is 13.7. The molecule has 1 atom stereocenters. The molecule has 0 aromatic rings. The van der Waals surface area contributed by atoms with E-state index in [1.54, 1.807) is 7.11 Å². The van der Waals surface area contributed by atoms with E-state index in [1.807, 2.05) is 0 Å². The zero-order chi connectivity index (χ0) is 12.2. The average Bonchev–Trinajstić information content (AvgIpc) is 2.30. The van der Waals surface area contributed by atoms with Crippen molar-refractivity contribution in [3.8, 4) is 0 Å². The van der Waals surface area contributed by atoms with E-state index in [9.17, 15) is 5.11 Å². The molecule has 1 aliphatic carbocycles. The lowest BCUT2D eigenvalue weighted by molar-refractivity contribution is -0.127. The van der Waals surface area contributed by atoms with Gasteiger partial charge in [0.2, 0.25) is 0 Å². The van der Waals surface area contributed by atoms with E-state index < -0.39 is 6.10 Å². The quantitative estimate of drug-likeness (QED) is 0.729. The van der Waals surface area contributed by atoms with Crippen molar-refractivity contribution >= 4 is 0 Å². The van der Waals surface area contributed by atoms with Crippen LogP contribution in [0.4, 0.5) is 0 Å². The minimum Gasteiger partial charge on any atom is -0.390 e. The third-order valence-electron chi connectivity index (χ3n) is 4.12. The van der Waals surface area contributed by atoms with Gasteiger partial charge in [-0.3, -0.25) is 0 Å². The van der Waals surface area contributed by atoms with Crippen molar-refractivity contribution in [1.82, 2.24) is 0 Å². The Morgan fingerprint density at radius 1 is 1.50 bits per heavy atom. The molecule has 2 nitrogen and oxygen atoms in total. The van der Waals surface area contributed by atoms with Crippen molar-refractivity contribution in [2.75, 3.05) is 7.11 Å². The molecule has 2 heteroatoms. The number of ether oxygens (including phenoxy) is 1. The molecule has 0 bridgehead atoms. The van der Waals surface area contributed by atoms with Gasteiger partial charge in [-0.05, 0) is 44.4 Å². The van der Waals surface area contributed by atoms with Crippen LogP contribution in [0.2, 0.25) is 0 Å². The second-order valence-electron chi connectivity index (χ2n) is 5.27. The van der Waals surface area contributed by atoms with E-state index in [4.69, 9.17) is 4.74 Å². The fraction of sp³-hybridized carbons (Fsp3) is 0.857.